The number of amides is 3. The summed E-state index contributed by atoms with van der Waals surface area (Å²) in [6, 6.07) is 11.3. The molecule has 2 fully saturated rings. The van der Waals surface area contributed by atoms with Gasteiger partial charge >= 0.3 is 0 Å². The lowest BCUT2D eigenvalue weighted by Gasteiger charge is -2.43. The number of fused-ring (bicyclic) bond motifs is 3. The number of carbonyl (C=O) groups is 3. The number of hydrogen-bond donors (Lipinski definition) is 3. The Morgan fingerprint density at radius 2 is 1.79 bits per heavy atom. The molecule has 3 N–H and O–H groups in total. The van der Waals surface area contributed by atoms with E-state index in [9.17, 15) is 23.2 Å². The lowest BCUT2D eigenvalue weighted by molar-refractivity contribution is -0.144. The van der Waals surface area contributed by atoms with Crippen molar-refractivity contribution >= 4 is 29.2 Å². The van der Waals surface area contributed by atoms with Crippen LogP contribution in [0.5, 0.6) is 0 Å². The summed E-state index contributed by atoms with van der Waals surface area (Å²) >= 11 is 0. The van der Waals surface area contributed by atoms with Crippen LogP contribution in [0.4, 0.5) is 20.3 Å². The molecule has 1 spiro atoms. The van der Waals surface area contributed by atoms with Crippen molar-refractivity contribution in [2.45, 2.75) is 43.2 Å². The van der Waals surface area contributed by atoms with Crippen molar-refractivity contribution in [3.63, 3.8) is 0 Å². The SMILES string of the molecule is O=C(CN1C(=O)C(C2CCOCC2)NCC1c1cc(F)cc(F)c1)Nc1cc2c(cn1)CC1(C2)C(=O)Nc2ccccc21. The van der Waals surface area contributed by atoms with E-state index >= 15 is 0 Å². The molecule has 9 nitrogen and oxygen atoms in total. The molecule has 4 heterocycles. The Balaban J connectivity index is 1.11. The highest BCUT2D eigenvalue weighted by Crippen LogP contribution is 2.47. The number of nitrogens with zero attached hydrogens (tertiary/aromatic N) is 2. The third kappa shape index (κ3) is 4.96. The van der Waals surface area contributed by atoms with Crippen LogP contribution in [-0.2, 0) is 37.4 Å². The van der Waals surface area contributed by atoms with Gasteiger partial charge in [-0.05, 0) is 78.1 Å². The van der Waals surface area contributed by atoms with Crippen LogP contribution in [0.3, 0.4) is 0 Å². The minimum atomic E-state index is -0.753. The van der Waals surface area contributed by atoms with Crippen molar-refractivity contribution in [2.24, 2.45) is 5.92 Å². The molecule has 11 heteroatoms. The van der Waals surface area contributed by atoms with Gasteiger partial charge in [0.1, 0.15) is 24.0 Å². The molecule has 222 valence electrons. The highest BCUT2D eigenvalue weighted by molar-refractivity contribution is 6.07. The number of hydrogen-bond acceptors (Lipinski definition) is 6. The zero-order valence-corrected chi connectivity index (χ0v) is 23.4. The minimum absolute atomic E-state index is 0.0284. The zero-order valence-electron chi connectivity index (χ0n) is 23.4. The maximum Gasteiger partial charge on any atom is 0.245 e. The van der Waals surface area contributed by atoms with Gasteiger partial charge in [-0.25, -0.2) is 13.8 Å². The molecule has 3 aromatic rings. The summed E-state index contributed by atoms with van der Waals surface area (Å²) in [6.45, 7) is 1.02. The van der Waals surface area contributed by atoms with E-state index in [4.69, 9.17) is 4.74 Å². The highest BCUT2D eigenvalue weighted by Gasteiger charge is 2.50. The third-order valence-electron chi connectivity index (χ3n) is 9.24. The molecule has 4 aliphatic rings. The first-order chi connectivity index (χ1) is 20.8. The molecule has 0 radical (unpaired) electrons. The molecule has 2 aromatic carbocycles. The monoisotopic (exact) mass is 587 g/mol. The fraction of sp³-hybridized carbons (Fsp3) is 0.375. The molecule has 0 bridgehead atoms. The molecule has 3 unspecified atom stereocenters. The molecular formula is C32H31F2N5O4. The van der Waals surface area contributed by atoms with E-state index in [1.807, 2.05) is 24.3 Å². The van der Waals surface area contributed by atoms with Crippen LogP contribution in [0, 0.1) is 17.6 Å². The number of benzene rings is 2. The van der Waals surface area contributed by atoms with Gasteiger partial charge in [-0.15, -0.1) is 0 Å². The summed E-state index contributed by atoms with van der Waals surface area (Å²) in [5, 5.41) is 9.07. The average Bonchev–Trinajstić information content (AvgIpc) is 3.50. The summed E-state index contributed by atoms with van der Waals surface area (Å²) in [5.74, 6) is -1.99. The average molecular weight is 588 g/mol. The number of para-hydroxylation sites is 1. The van der Waals surface area contributed by atoms with Gasteiger partial charge in [0, 0.05) is 37.7 Å². The maximum atomic E-state index is 14.2. The van der Waals surface area contributed by atoms with E-state index in [-0.39, 0.29) is 36.4 Å². The Kier molecular flexibility index (Phi) is 6.94. The Labute approximate surface area is 247 Å². The smallest absolute Gasteiger partial charge is 0.245 e. The Bertz CT molecular complexity index is 1610. The molecule has 1 aromatic heterocycles. The predicted molar refractivity (Wildman–Crippen MR) is 153 cm³/mol. The lowest BCUT2D eigenvalue weighted by atomic mass is 9.79. The summed E-state index contributed by atoms with van der Waals surface area (Å²) in [4.78, 5) is 46.1. The first-order valence-electron chi connectivity index (χ1n) is 14.6. The van der Waals surface area contributed by atoms with Crippen LogP contribution in [-0.4, -0.2) is 60.0 Å². The number of rotatable bonds is 5. The van der Waals surface area contributed by atoms with Crippen molar-refractivity contribution in [3.05, 3.63) is 88.6 Å². The molecule has 1 aliphatic carbocycles. The van der Waals surface area contributed by atoms with Gasteiger partial charge < -0.3 is 25.6 Å². The van der Waals surface area contributed by atoms with Crippen molar-refractivity contribution in [1.82, 2.24) is 15.2 Å². The van der Waals surface area contributed by atoms with E-state index in [0.29, 0.717) is 44.7 Å². The number of halogens is 2. The number of aromatic nitrogens is 1. The van der Waals surface area contributed by atoms with Crippen LogP contribution in [0.2, 0.25) is 0 Å². The maximum absolute atomic E-state index is 14.2. The van der Waals surface area contributed by atoms with Crippen LogP contribution in [0.25, 0.3) is 0 Å². The zero-order chi connectivity index (χ0) is 29.7. The lowest BCUT2D eigenvalue weighted by Crippen LogP contribution is -2.60. The number of piperazine rings is 1. The Morgan fingerprint density at radius 1 is 1.05 bits per heavy atom. The summed E-state index contributed by atoms with van der Waals surface area (Å²) < 4.78 is 33.8. The van der Waals surface area contributed by atoms with Crippen LogP contribution < -0.4 is 16.0 Å². The van der Waals surface area contributed by atoms with Crippen molar-refractivity contribution in [2.75, 3.05) is 36.9 Å². The normalized spacial score (nSPS) is 25.0. The van der Waals surface area contributed by atoms with Gasteiger partial charge in [0.25, 0.3) is 0 Å². The first kappa shape index (κ1) is 27.6. The second-order valence-corrected chi connectivity index (χ2v) is 11.8. The van der Waals surface area contributed by atoms with Crippen molar-refractivity contribution in [1.29, 1.82) is 0 Å². The topological polar surface area (TPSA) is 113 Å². The number of carbonyl (C=O) groups excluding carboxylic acids is 3. The molecule has 43 heavy (non-hydrogen) atoms. The Hall–Kier alpha value is -4.22. The Morgan fingerprint density at radius 3 is 2.58 bits per heavy atom. The molecule has 3 aliphatic heterocycles. The fourth-order valence-corrected chi connectivity index (χ4v) is 7.13. The summed E-state index contributed by atoms with van der Waals surface area (Å²) in [7, 11) is 0. The van der Waals surface area contributed by atoms with Crippen LogP contribution >= 0.6 is 0 Å². The van der Waals surface area contributed by atoms with E-state index < -0.39 is 35.0 Å². The summed E-state index contributed by atoms with van der Waals surface area (Å²) in [5.41, 5.74) is 3.20. The van der Waals surface area contributed by atoms with E-state index in [0.717, 1.165) is 28.4 Å². The van der Waals surface area contributed by atoms with Gasteiger partial charge in [0.15, 0.2) is 0 Å². The van der Waals surface area contributed by atoms with Gasteiger partial charge in [-0.1, -0.05) is 18.2 Å². The number of nitrogens with one attached hydrogen (secondary N) is 3. The number of pyridine rings is 1. The molecule has 3 atom stereocenters. The van der Waals surface area contributed by atoms with Gasteiger partial charge in [-0.3, -0.25) is 14.4 Å². The predicted octanol–water partition coefficient (Wildman–Crippen LogP) is 3.26. The second-order valence-electron chi connectivity index (χ2n) is 11.8. The first-order valence-corrected chi connectivity index (χ1v) is 14.6. The number of anilines is 2. The van der Waals surface area contributed by atoms with Crippen molar-refractivity contribution in [3.8, 4) is 0 Å². The fourth-order valence-electron chi connectivity index (χ4n) is 7.13. The van der Waals surface area contributed by atoms with E-state index in [1.165, 1.54) is 17.0 Å². The van der Waals surface area contributed by atoms with Gasteiger partial charge in [-0.2, -0.15) is 0 Å². The highest BCUT2D eigenvalue weighted by atomic mass is 19.1. The molecule has 0 saturated carbocycles. The summed E-state index contributed by atoms with van der Waals surface area (Å²) in [6.07, 6.45) is 4.08. The van der Waals surface area contributed by atoms with Crippen LogP contribution in [0.15, 0.2) is 54.7 Å². The largest absolute Gasteiger partial charge is 0.381 e. The molecule has 3 amide bonds. The van der Waals surface area contributed by atoms with Gasteiger partial charge in [0.2, 0.25) is 17.7 Å². The van der Waals surface area contributed by atoms with Crippen molar-refractivity contribution < 1.29 is 27.9 Å². The minimum Gasteiger partial charge on any atom is -0.381 e. The van der Waals surface area contributed by atoms with Gasteiger partial charge in [0.05, 0.1) is 17.5 Å². The number of ether oxygens (including phenoxy) is 1. The quantitative estimate of drug-likeness (QED) is 0.423. The van der Waals surface area contributed by atoms with E-state index in [2.05, 4.69) is 20.9 Å². The molecule has 2 saturated heterocycles. The second kappa shape index (κ2) is 10.8. The third-order valence-corrected chi connectivity index (χ3v) is 9.24. The van der Waals surface area contributed by atoms with Crippen LogP contribution in [0.1, 0.15) is 41.1 Å². The standard InChI is InChI=1S/C32H31F2N5O4/c33-22-9-19(10-23(34)12-22)26-16-36-29(18-5-7-43-8-6-18)30(41)39(26)17-28(40)38-27-11-20-13-32(14-21(20)15-35-27)24-3-1-2-4-25(24)37-31(32)42/h1-4,9-12,15,18,26,29,36H,5-8,13-14,16-17H2,(H,37,42)(H,35,38,40). The molecule has 7 rings (SSSR count). The molecular weight excluding hydrogens is 556 g/mol. The van der Waals surface area contributed by atoms with E-state index in [1.54, 1.807) is 12.3 Å².